The van der Waals surface area contributed by atoms with Gasteiger partial charge in [0, 0.05) is 44.1 Å². The Morgan fingerprint density at radius 2 is 2.04 bits per heavy atom. The van der Waals surface area contributed by atoms with E-state index in [9.17, 15) is 4.79 Å². The predicted molar refractivity (Wildman–Crippen MR) is 100 cm³/mol. The first-order chi connectivity index (χ1) is 12.5. The Morgan fingerprint density at radius 1 is 1.31 bits per heavy atom. The van der Waals surface area contributed by atoms with Crippen LogP contribution >= 0.6 is 0 Å². The molecule has 0 bridgehead atoms. The van der Waals surface area contributed by atoms with Crippen molar-refractivity contribution in [2.24, 2.45) is 7.05 Å². The van der Waals surface area contributed by atoms with E-state index in [1.807, 2.05) is 50.8 Å². The molecule has 1 saturated heterocycles. The van der Waals surface area contributed by atoms with Crippen molar-refractivity contribution in [2.75, 3.05) is 31.2 Å². The molecule has 1 aliphatic heterocycles. The maximum absolute atomic E-state index is 12.6. The van der Waals surface area contributed by atoms with Crippen LogP contribution in [0.4, 0.5) is 5.82 Å². The largest absolute Gasteiger partial charge is 0.378 e. The van der Waals surface area contributed by atoms with Crippen LogP contribution in [0.5, 0.6) is 0 Å². The zero-order chi connectivity index (χ0) is 18.7. The number of hydrogen-bond acceptors (Lipinski definition) is 5. The fourth-order valence-corrected chi connectivity index (χ4v) is 3.39. The number of carbonyl (C=O) groups is 1. The van der Waals surface area contributed by atoms with Crippen LogP contribution in [-0.2, 0) is 23.1 Å². The van der Waals surface area contributed by atoms with E-state index < -0.39 is 0 Å². The lowest BCUT2D eigenvalue weighted by atomic mass is 9.98. The van der Waals surface area contributed by atoms with Crippen molar-refractivity contribution in [3.63, 3.8) is 0 Å². The van der Waals surface area contributed by atoms with Crippen molar-refractivity contribution in [3.05, 3.63) is 40.8 Å². The molecule has 1 atom stereocenters. The Morgan fingerprint density at radius 3 is 2.62 bits per heavy atom. The third-order valence-electron chi connectivity index (χ3n) is 5.00. The van der Waals surface area contributed by atoms with Gasteiger partial charge < -0.3 is 15.0 Å². The van der Waals surface area contributed by atoms with Gasteiger partial charge >= 0.3 is 0 Å². The maximum atomic E-state index is 12.6. The van der Waals surface area contributed by atoms with E-state index in [0.717, 1.165) is 54.6 Å². The van der Waals surface area contributed by atoms with E-state index in [0.29, 0.717) is 6.54 Å². The van der Waals surface area contributed by atoms with Gasteiger partial charge in [-0.1, -0.05) is 6.07 Å². The molecular weight excluding hydrogens is 330 g/mol. The summed E-state index contributed by atoms with van der Waals surface area (Å²) in [6.07, 6.45) is 1.83. The van der Waals surface area contributed by atoms with Gasteiger partial charge in [0.15, 0.2) is 0 Å². The molecular formula is C19H27N5O2. The van der Waals surface area contributed by atoms with Crippen LogP contribution < -0.4 is 10.2 Å². The van der Waals surface area contributed by atoms with Gasteiger partial charge in [0.1, 0.15) is 5.82 Å². The predicted octanol–water partition coefficient (Wildman–Crippen LogP) is 1.69. The topological polar surface area (TPSA) is 72.3 Å². The molecule has 0 saturated carbocycles. The molecule has 0 aliphatic carbocycles. The molecule has 3 rings (SSSR count). The van der Waals surface area contributed by atoms with Crippen LogP contribution in [0.2, 0.25) is 0 Å². The second-order valence-electron chi connectivity index (χ2n) is 6.77. The summed E-state index contributed by atoms with van der Waals surface area (Å²) < 4.78 is 7.19. The smallest absolute Gasteiger partial charge is 0.227 e. The zero-order valence-corrected chi connectivity index (χ0v) is 16.0. The van der Waals surface area contributed by atoms with Crippen LogP contribution in [0.3, 0.4) is 0 Å². The molecule has 0 aromatic carbocycles. The summed E-state index contributed by atoms with van der Waals surface area (Å²) in [7, 11) is 1.90. The molecule has 26 heavy (non-hydrogen) atoms. The van der Waals surface area contributed by atoms with E-state index in [1.54, 1.807) is 0 Å². The Hall–Kier alpha value is -2.41. The van der Waals surface area contributed by atoms with Gasteiger partial charge in [-0.3, -0.25) is 9.48 Å². The minimum absolute atomic E-state index is 0.00135. The molecule has 140 valence electrons. The standard InChI is InChI=1S/C19H27N5O2/c1-13(18-14(2)22-23(4)15(18)3)19(25)21-12-16-5-6-17(20-11-16)24-7-9-26-10-8-24/h5-6,11,13H,7-10,12H2,1-4H3,(H,21,25). The average Bonchev–Trinajstić information content (AvgIpc) is 2.92. The molecule has 2 aromatic heterocycles. The molecule has 1 aliphatic rings. The number of pyridine rings is 1. The van der Waals surface area contributed by atoms with Gasteiger partial charge in [0.05, 0.1) is 24.8 Å². The highest BCUT2D eigenvalue weighted by Gasteiger charge is 2.22. The number of hydrogen-bond donors (Lipinski definition) is 1. The number of amides is 1. The Labute approximate surface area is 154 Å². The Balaban J connectivity index is 1.58. The summed E-state index contributed by atoms with van der Waals surface area (Å²) in [6, 6.07) is 4.02. The number of ether oxygens (including phenoxy) is 1. The third kappa shape index (κ3) is 3.88. The molecule has 1 N–H and O–H groups in total. The van der Waals surface area contributed by atoms with Crippen LogP contribution in [0.15, 0.2) is 18.3 Å². The Kier molecular flexibility index (Phi) is 5.56. The number of aromatic nitrogens is 3. The molecule has 0 radical (unpaired) electrons. The SMILES string of the molecule is Cc1nn(C)c(C)c1C(C)C(=O)NCc1ccc(N2CCOCC2)nc1. The van der Waals surface area contributed by atoms with E-state index in [-0.39, 0.29) is 11.8 Å². The lowest BCUT2D eigenvalue weighted by molar-refractivity contribution is -0.122. The highest BCUT2D eigenvalue weighted by Crippen LogP contribution is 2.23. The first-order valence-corrected chi connectivity index (χ1v) is 9.02. The third-order valence-corrected chi connectivity index (χ3v) is 5.00. The van der Waals surface area contributed by atoms with Crippen molar-refractivity contribution in [1.29, 1.82) is 0 Å². The van der Waals surface area contributed by atoms with E-state index in [1.165, 1.54) is 0 Å². The Bertz CT molecular complexity index is 763. The van der Waals surface area contributed by atoms with Gasteiger partial charge in [0.25, 0.3) is 0 Å². The zero-order valence-electron chi connectivity index (χ0n) is 16.0. The minimum Gasteiger partial charge on any atom is -0.378 e. The first kappa shape index (κ1) is 18.4. The minimum atomic E-state index is -0.232. The van der Waals surface area contributed by atoms with Crippen LogP contribution in [0, 0.1) is 13.8 Å². The maximum Gasteiger partial charge on any atom is 0.227 e. The number of anilines is 1. The van der Waals surface area contributed by atoms with Crippen molar-refractivity contribution < 1.29 is 9.53 Å². The molecule has 3 heterocycles. The van der Waals surface area contributed by atoms with Crippen molar-refractivity contribution in [3.8, 4) is 0 Å². The van der Waals surface area contributed by atoms with Gasteiger partial charge in [-0.25, -0.2) is 4.98 Å². The van der Waals surface area contributed by atoms with Gasteiger partial charge in [-0.15, -0.1) is 0 Å². The van der Waals surface area contributed by atoms with E-state index >= 15 is 0 Å². The molecule has 7 heteroatoms. The molecule has 0 spiro atoms. The quantitative estimate of drug-likeness (QED) is 0.882. The number of nitrogens with one attached hydrogen (secondary N) is 1. The summed E-state index contributed by atoms with van der Waals surface area (Å²) in [5.41, 5.74) is 3.93. The van der Waals surface area contributed by atoms with Crippen LogP contribution in [0.25, 0.3) is 0 Å². The van der Waals surface area contributed by atoms with Crippen molar-refractivity contribution in [1.82, 2.24) is 20.1 Å². The molecule has 1 fully saturated rings. The van der Waals surface area contributed by atoms with Gasteiger partial charge in [-0.05, 0) is 32.4 Å². The molecule has 7 nitrogen and oxygen atoms in total. The number of aryl methyl sites for hydroxylation is 2. The molecule has 1 amide bonds. The van der Waals surface area contributed by atoms with Crippen LogP contribution in [0.1, 0.15) is 35.4 Å². The number of morpholine rings is 1. The summed E-state index contributed by atoms with van der Waals surface area (Å²) in [5, 5.41) is 7.41. The highest BCUT2D eigenvalue weighted by atomic mass is 16.5. The number of carbonyl (C=O) groups excluding carboxylic acids is 1. The number of rotatable bonds is 5. The van der Waals surface area contributed by atoms with E-state index in [4.69, 9.17) is 4.74 Å². The summed E-state index contributed by atoms with van der Waals surface area (Å²) in [5.74, 6) is 0.726. The highest BCUT2D eigenvalue weighted by molar-refractivity contribution is 5.83. The molecule has 1 unspecified atom stereocenters. The van der Waals surface area contributed by atoms with Crippen LogP contribution in [-0.4, -0.2) is 47.0 Å². The van der Waals surface area contributed by atoms with E-state index in [2.05, 4.69) is 20.3 Å². The lowest BCUT2D eigenvalue weighted by Crippen LogP contribution is -2.36. The van der Waals surface area contributed by atoms with Gasteiger partial charge in [-0.2, -0.15) is 5.10 Å². The summed E-state index contributed by atoms with van der Waals surface area (Å²) in [4.78, 5) is 19.3. The second kappa shape index (κ2) is 7.86. The van der Waals surface area contributed by atoms with Crippen molar-refractivity contribution in [2.45, 2.75) is 33.2 Å². The first-order valence-electron chi connectivity index (χ1n) is 9.02. The lowest BCUT2D eigenvalue weighted by Gasteiger charge is -2.27. The summed E-state index contributed by atoms with van der Waals surface area (Å²) >= 11 is 0. The fourth-order valence-electron chi connectivity index (χ4n) is 3.39. The summed E-state index contributed by atoms with van der Waals surface area (Å²) in [6.45, 7) is 9.54. The number of nitrogens with zero attached hydrogens (tertiary/aromatic N) is 4. The monoisotopic (exact) mass is 357 g/mol. The van der Waals surface area contributed by atoms with Gasteiger partial charge in [0.2, 0.25) is 5.91 Å². The van der Waals surface area contributed by atoms with Crippen molar-refractivity contribution >= 4 is 11.7 Å². The second-order valence-corrected chi connectivity index (χ2v) is 6.77. The molecule has 2 aromatic rings. The average molecular weight is 357 g/mol. The fraction of sp³-hybridized carbons (Fsp3) is 0.526. The normalized spacial score (nSPS) is 15.8.